The summed E-state index contributed by atoms with van der Waals surface area (Å²) in [6, 6.07) is 0. The van der Waals surface area contributed by atoms with Crippen molar-refractivity contribution in [2.75, 3.05) is 0 Å². The summed E-state index contributed by atoms with van der Waals surface area (Å²) in [5, 5.41) is 18.5. The van der Waals surface area contributed by atoms with Crippen molar-refractivity contribution in [1.29, 1.82) is 0 Å². The fraction of sp³-hybridized carbons (Fsp3) is 0. The molecule has 0 aromatic carbocycles. The molecule has 0 heterocycles. The van der Waals surface area contributed by atoms with Crippen LogP contribution in [0.3, 0.4) is 0 Å². The van der Waals surface area contributed by atoms with Crippen molar-refractivity contribution in [3.05, 3.63) is 20.2 Å². The number of nitro groups is 2. The van der Waals surface area contributed by atoms with Crippen LogP contribution < -0.4 is 0 Å². The zero-order valence-corrected chi connectivity index (χ0v) is 6.20. The Morgan fingerprint density at radius 3 is 1.43 bits per heavy atom. The molecule has 0 unspecified atom stereocenters. The van der Waals surface area contributed by atoms with Gasteiger partial charge in [0.2, 0.25) is 0 Å². The van der Waals surface area contributed by atoms with Crippen LogP contribution in [0.5, 0.6) is 0 Å². The third-order valence-corrected chi connectivity index (χ3v) is 1.20. The van der Waals surface area contributed by atoms with Gasteiger partial charge in [-0.2, -0.15) is 0 Å². The molecule has 0 aliphatic rings. The standard InChI is InChI=1S/2NO2.Zn/c2*2-1-3;. The second-order valence-electron chi connectivity index (χ2n) is 0.807. The second kappa shape index (κ2) is 2.57. The molecule has 0 radical (unpaired) electrons. The fourth-order valence-electron chi connectivity index (χ4n) is 0.0943. The van der Waals surface area contributed by atoms with E-state index in [1.165, 1.54) is 0 Å². The molecule has 36 valence electrons. The second-order valence-corrected chi connectivity index (χ2v) is 3.57. The molecule has 0 rings (SSSR count). The van der Waals surface area contributed by atoms with E-state index in [-0.39, 0.29) is 0 Å². The normalized spacial score (nSPS) is 6.86. The molecular weight excluding hydrogens is 157 g/mol. The Balaban J connectivity index is 3.32. The van der Waals surface area contributed by atoms with Gasteiger partial charge in [-0.15, -0.1) is 0 Å². The van der Waals surface area contributed by atoms with Crippen molar-refractivity contribution >= 4 is 0 Å². The first kappa shape index (κ1) is 6.42. The summed E-state index contributed by atoms with van der Waals surface area (Å²) in [4.78, 5) is 18.5. The third kappa shape index (κ3) is 5.42. The van der Waals surface area contributed by atoms with Gasteiger partial charge in [0.15, 0.2) is 0 Å². The SMILES string of the molecule is O=[N+]([O-])[Zn][N+](=O)[O-]. The van der Waals surface area contributed by atoms with Gasteiger partial charge < -0.3 is 0 Å². The maximum absolute atomic E-state index is 9.26. The van der Waals surface area contributed by atoms with Crippen LogP contribution in [-0.4, -0.2) is 7.33 Å². The molecule has 0 fully saturated rings. The maximum atomic E-state index is 9.26. The van der Waals surface area contributed by atoms with Crippen LogP contribution in [0.2, 0.25) is 0 Å². The number of hydrogen-bond acceptors (Lipinski definition) is 4. The Bertz CT molecular complexity index is 85.9. The van der Waals surface area contributed by atoms with Crippen LogP contribution in [0.4, 0.5) is 0 Å². The first-order valence-electron chi connectivity index (χ1n) is 1.36. The molecule has 0 aromatic rings. The van der Waals surface area contributed by atoms with E-state index < -0.39 is 24.9 Å². The van der Waals surface area contributed by atoms with Gasteiger partial charge in [-0.3, -0.25) is 0 Å². The molecule has 6 nitrogen and oxygen atoms in total. The molecular formula is N2O4Zn. The number of nitrogens with zero attached hydrogens (tertiary/aromatic N) is 2. The molecule has 0 N–H and O–H groups in total. The third-order valence-electron chi connectivity index (χ3n) is 0.231. The van der Waals surface area contributed by atoms with Crippen molar-refractivity contribution in [2.45, 2.75) is 0 Å². The van der Waals surface area contributed by atoms with Gasteiger partial charge in [0.05, 0.1) is 0 Å². The molecule has 0 atom stereocenters. The first-order chi connectivity index (χ1) is 3.13. The molecule has 0 spiro atoms. The predicted molar refractivity (Wildman–Crippen MR) is 14.0 cm³/mol. The van der Waals surface area contributed by atoms with E-state index in [0.717, 1.165) is 0 Å². The minimum absolute atomic E-state index is 0.812. The van der Waals surface area contributed by atoms with Gasteiger partial charge in [0.25, 0.3) is 0 Å². The van der Waals surface area contributed by atoms with Gasteiger partial charge in [-0.05, 0) is 0 Å². The Morgan fingerprint density at radius 1 is 1.14 bits per heavy atom. The summed E-state index contributed by atoms with van der Waals surface area (Å²) >= 11 is -2.65. The summed E-state index contributed by atoms with van der Waals surface area (Å²) in [5.41, 5.74) is 0. The van der Waals surface area contributed by atoms with E-state index in [0.29, 0.717) is 0 Å². The molecule has 0 amide bonds. The Kier molecular flexibility index (Phi) is 2.36. The predicted octanol–water partition coefficient (Wildman–Crippen LogP) is -0.548. The van der Waals surface area contributed by atoms with Crippen LogP contribution in [0.1, 0.15) is 0 Å². The monoisotopic (exact) mass is 156 g/mol. The van der Waals surface area contributed by atoms with Gasteiger partial charge in [0, 0.05) is 0 Å². The summed E-state index contributed by atoms with van der Waals surface area (Å²) in [6.45, 7) is 0. The Hall–Kier alpha value is -0.577. The summed E-state index contributed by atoms with van der Waals surface area (Å²) in [7, 11) is 0. The molecule has 7 heavy (non-hydrogen) atoms. The molecule has 0 saturated carbocycles. The Labute approximate surface area is 45.9 Å². The minimum atomic E-state index is -2.65. The van der Waals surface area contributed by atoms with Gasteiger partial charge >= 0.3 is 45.2 Å². The molecule has 0 saturated heterocycles. The van der Waals surface area contributed by atoms with E-state index in [2.05, 4.69) is 0 Å². The van der Waals surface area contributed by atoms with E-state index >= 15 is 0 Å². The Morgan fingerprint density at radius 2 is 1.43 bits per heavy atom. The van der Waals surface area contributed by atoms with Gasteiger partial charge in [0.1, 0.15) is 0 Å². The van der Waals surface area contributed by atoms with Crippen LogP contribution in [-0.2, 0) is 17.6 Å². The van der Waals surface area contributed by atoms with Gasteiger partial charge in [-0.1, -0.05) is 0 Å². The van der Waals surface area contributed by atoms with Crippen molar-refractivity contribution in [3.8, 4) is 0 Å². The van der Waals surface area contributed by atoms with Crippen LogP contribution in [0.25, 0.3) is 0 Å². The van der Waals surface area contributed by atoms with E-state index in [1.807, 2.05) is 0 Å². The average molecular weight is 157 g/mol. The van der Waals surface area contributed by atoms with E-state index in [1.54, 1.807) is 0 Å². The van der Waals surface area contributed by atoms with Crippen LogP contribution in [0, 0.1) is 20.2 Å². The van der Waals surface area contributed by atoms with Gasteiger partial charge in [-0.25, -0.2) is 0 Å². The van der Waals surface area contributed by atoms with Crippen LogP contribution >= 0.6 is 0 Å². The fourth-order valence-corrected chi connectivity index (χ4v) is 0.490. The summed E-state index contributed by atoms with van der Waals surface area (Å²) in [6.07, 6.45) is 0. The zero-order chi connectivity index (χ0) is 5.86. The quantitative estimate of drug-likeness (QED) is 0.306. The van der Waals surface area contributed by atoms with Crippen LogP contribution in [0.15, 0.2) is 0 Å². The molecule has 0 aliphatic carbocycles. The summed E-state index contributed by atoms with van der Waals surface area (Å²) in [5.74, 6) is 0. The van der Waals surface area contributed by atoms with E-state index in [9.17, 15) is 20.2 Å². The molecule has 0 aromatic heterocycles. The molecule has 0 aliphatic heterocycles. The van der Waals surface area contributed by atoms with Crippen molar-refractivity contribution in [2.24, 2.45) is 0 Å². The van der Waals surface area contributed by atoms with E-state index in [4.69, 9.17) is 0 Å². The number of rotatable bonds is 2. The summed E-state index contributed by atoms with van der Waals surface area (Å²) < 4.78 is -1.62. The topological polar surface area (TPSA) is 86.3 Å². The van der Waals surface area contributed by atoms with Crippen molar-refractivity contribution in [3.63, 3.8) is 0 Å². The number of hydrogen-bond donors (Lipinski definition) is 0. The average Bonchev–Trinajstić information content (AvgIpc) is 1.27. The zero-order valence-electron chi connectivity index (χ0n) is 3.23. The first-order valence-corrected chi connectivity index (χ1v) is 4.02. The molecule has 7 heteroatoms. The molecule has 0 bridgehead atoms. The van der Waals surface area contributed by atoms with Crippen molar-refractivity contribution < 1.29 is 24.9 Å². The van der Waals surface area contributed by atoms with Crippen molar-refractivity contribution in [1.82, 2.24) is 0 Å².